The fourth-order valence-electron chi connectivity index (χ4n) is 2.24. The average molecular weight is 277 g/mol. The number of hydrogen-bond donors (Lipinski definition) is 1. The van der Waals surface area contributed by atoms with E-state index < -0.39 is 0 Å². The summed E-state index contributed by atoms with van der Waals surface area (Å²) < 4.78 is 5.27. The zero-order chi connectivity index (χ0) is 14.2. The Morgan fingerprint density at radius 3 is 2.85 bits per heavy atom. The van der Waals surface area contributed by atoms with Gasteiger partial charge < -0.3 is 10.1 Å². The highest BCUT2D eigenvalue weighted by Crippen LogP contribution is 2.10. The molecule has 1 aromatic heterocycles. The Bertz CT molecular complexity index is 414. The molecular weight excluding hydrogens is 254 g/mol. The smallest absolute Gasteiger partial charge is 0.289 e. The van der Waals surface area contributed by atoms with Gasteiger partial charge >= 0.3 is 0 Å². The van der Waals surface area contributed by atoms with Crippen LogP contribution in [0.4, 0.5) is 0 Å². The van der Waals surface area contributed by atoms with Crippen molar-refractivity contribution in [2.45, 2.75) is 39.0 Å². The minimum absolute atomic E-state index is 0.197. The van der Waals surface area contributed by atoms with Crippen LogP contribution in [0, 0.1) is 5.92 Å². The summed E-state index contributed by atoms with van der Waals surface area (Å²) in [5.74, 6) is 0.479. The molecule has 1 atom stereocenters. The van der Waals surface area contributed by atoms with E-state index in [9.17, 15) is 4.79 Å². The van der Waals surface area contributed by atoms with Crippen LogP contribution >= 0.6 is 0 Å². The molecule has 1 aliphatic rings. The first-order chi connectivity index (χ1) is 9.79. The maximum Gasteiger partial charge on any atom is 0.289 e. The van der Waals surface area contributed by atoms with E-state index in [1.54, 1.807) is 12.4 Å². The van der Waals surface area contributed by atoms with Gasteiger partial charge in [-0.25, -0.2) is 9.97 Å². The number of carbonyl (C=O) groups is 1. The van der Waals surface area contributed by atoms with Gasteiger partial charge in [0.05, 0.1) is 6.61 Å². The number of unbranched alkanes of at least 4 members (excludes halogenated alkanes) is 2. The number of nitrogens with zero attached hydrogens (tertiary/aromatic N) is 2. The zero-order valence-corrected chi connectivity index (χ0v) is 12.1. The molecule has 1 saturated heterocycles. The van der Waals surface area contributed by atoms with Gasteiger partial charge in [0.25, 0.3) is 5.91 Å². The summed E-state index contributed by atoms with van der Waals surface area (Å²) in [7, 11) is 0. The normalized spacial score (nSPS) is 18.1. The van der Waals surface area contributed by atoms with Crippen molar-refractivity contribution < 1.29 is 9.53 Å². The van der Waals surface area contributed by atoms with Crippen LogP contribution in [0.25, 0.3) is 0 Å². The molecule has 0 aliphatic carbocycles. The zero-order valence-electron chi connectivity index (χ0n) is 12.1. The van der Waals surface area contributed by atoms with E-state index in [0.29, 0.717) is 12.5 Å². The van der Waals surface area contributed by atoms with Crippen LogP contribution in [-0.2, 0) is 11.2 Å². The summed E-state index contributed by atoms with van der Waals surface area (Å²) in [5.41, 5.74) is 1.10. The van der Waals surface area contributed by atoms with Crippen LogP contribution in [0.3, 0.4) is 0 Å². The summed E-state index contributed by atoms with van der Waals surface area (Å²) in [6, 6.07) is 0. The lowest BCUT2D eigenvalue weighted by Gasteiger charge is -2.08. The van der Waals surface area contributed by atoms with Gasteiger partial charge in [0, 0.05) is 31.5 Å². The molecule has 5 nitrogen and oxygen atoms in total. The second-order valence-electron chi connectivity index (χ2n) is 5.31. The van der Waals surface area contributed by atoms with E-state index in [-0.39, 0.29) is 11.7 Å². The number of ether oxygens (including phenoxy) is 1. The van der Waals surface area contributed by atoms with E-state index in [0.717, 1.165) is 38.0 Å². The summed E-state index contributed by atoms with van der Waals surface area (Å²) in [4.78, 5) is 20.2. The fraction of sp³-hybridized carbons (Fsp3) is 0.667. The Labute approximate surface area is 120 Å². The topological polar surface area (TPSA) is 64.1 Å². The van der Waals surface area contributed by atoms with Gasteiger partial charge in [0.15, 0.2) is 0 Å². The third-order valence-corrected chi connectivity index (χ3v) is 3.55. The number of hydrogen-bond acceptors (Lipinski definition) is 4. The lowest BCUT2D eigenvalue weighted by Crippen LogP contribution is -2.30. The van der Waals surface area contributed by atoms with Gasteiger partial charge in [0.2, 0.25) is 5.82 Å². The van der Waals surface area contributed by atoms with Crippen LogP contribution in [-0.4, -0.2) is 35.6 Å². The van der Waals surface area contributed by atoms with Crippen molar-refractivity contribution in [3.05, 3.63) is 23.8 Å². The van der Waals surface area contributed by atoms with Crippen LogP contribution in [0.2, 0.25) is 0 Å². The molecule has 1 aliphatic heterocycles. The number of nitrogens with one attached hydrogen (secondary N) is 1. The predicted molar refractivity (Wildman–Crippen MR) is 76.5 cm³/mol. The summed E-state index contributed by atoms with van der Waals surface area (Å²) in [5, 5.41) is 2.87. The van der Waals surface area contributed by atoms with Gasteiger partial charge in [-0.15, -0.1) is 0 Å². The first-order valence-electron chi connectivity index (χ1n) is 7.46. The molecule has 0 saturated carbocycles. The van der Waals surface area contributed by atoms with E-state index in [2.05, 4.69) is 22.2 Å². The largest absolute Gasteiger partial charge is 0.381 e. The standard InChI is InChI=1S/C15H23N3O2/c1-2-3-4-5-12-8-16-14(17-9-12)15(19)18-10-13-6-7-20-11-13/h8-9,13H,2-7,10-11H2,1H3,(H,18,19). The lowest BCUT2D eigenvalue weighted by atomic mass is 10.1. The Morgan fingerprint density at radius 2 is 2.20 bits per heavy atom. The minimum atomic E-state index is -0.197. The molecule has 1 fully saturated rings. The molecule has 20 heavy (non-hydrogen) atoms. The van der Waals surface area contributed by atoms with E-state index >= 15 is 0 Å². The average Bonchev–Trinajstić information content (AvgIpc) is 2.99. The fourth-order valence-corrected chi connectivity index (χ4v) is 2.24. The third-order valence-electron chi connectivity index (χ3n) is 3.55. The molecule has 2 heterocycles. The molecule has 5 heteroatoms. The maximum atomic E-state index is 11.9. The molecule has 0 radical (unpaired) electrons. The SMILES string of the molecule is CCCCCc1cnc(C(=O)NCC2CCOC2)nc1. The van der Waals surface area contributed by atoms with Gasteiger partial charge in [-0.3, -0.25) is 4.79 Å². The summed E-state index contributed by atoms with van der Waals surface area (Å²) in [6.07, 6.45) is 9.07. The Balaban J connectivity index is 1.77. The monoisotopic (exact) mass is 277 g/mol. The molecule has 2 rings (SSSR count). The van der Waals surface area contributed by atoms with Gasteiger partial charge in [-0.1, -0.05) is 19.8 Å². The number of carbonyl (C=O) groups excluding carboxylic acids is 1. The van der Waals surface area contributed by atoms with Crippen molar-refractivity contribution in [1.29, 1.82) is 0 Å². The van der Waals surface area contributed by atoms with Crippen LogP contribution in [0.1, 0.15) is 48.8 Å². The highest BCUT2D eigenvalue weighted by Gasteiger charge is 2.17. The molecule has 110 valence electrons. The van der Waals surface area contributed by atoms with Crippen LogP contribution in [0.15, 0.2) is 12.4 Å². The molecule has 0 aromatic carbocycles. The first-order valence-corrected chi connectivity index (χ1v) is 7.46. The van der Waals surface area contributed by atoms with Crippen molar-refractivity contribution in [2.24, 2.45) is 5.92 Å². The highest BCUT2D eigenvalue weighted by atomic mass is 16.5. The Hall–Kier alpha value is -1.49. The van der Waals surface area contributed by atoms with E-state index in [4.69, 9.17) is 4.74 Å². The molecule has 1 unspecified atom stereocenters. The van der Waals surface area contributed by atoms with E-state index in [1.165, 1.54) is 12.8 Å². The minimum Gasteiger partial charge on any atom is -0.381 e. The van der Waals surface area contributed by atoms with Crippen molar-refractivity contribution in [3.8, 4) is 0 Å². The molecule has 1 amide bonds. The molecule has 1 aromatic rings. The van der Waals surface area contributed by atoms with Gasteiger partial charge in [-0.05, 0) is 24.8 Å². The lowest BCUT2D eigenvalue weighted by molar-refractivity contribution is 0.0934. The summed E-state index contributed by atoms with van der Waals surface area (Å²) in [6.45, 7) is 4.35. The number of aromatic nitrogens is 2. The van der Waals surface area contributed by atoms with Crippen molar-refractivity contribution in [1.82, 2.24) is 15.3 Å². The van der Waals surface area contributed by atoms with Crippen molar-refractivity contribution >= 4 is 5.91 Å². The van der Waals surface area contributed by atoms with Crippen molar-refractivity contribution in [2.75, 3.05) is 19.8 Å². The van der Waals surface area contributed by atoms with Gasteiger partial charge in [0.1, 0.15) is 0 Å². The third kappa shape index (κ3) is 4.56. The van der Waals surface area contributed by atoms with Gasteiger partial charge in [-0.2, -0.15) is 0 Å². The number of rotatable bonds is 7. The Morgan fingerprint density at radius 1 is 1.40 bits per heavy atom. The molecule has 0 spiro atoms. The number of amides is 1. The highest BCUT2D eigenvalue weighted by molar-refractivity contribution is 5.90. The maximum absolute atomic E-state index is 11.9. The predicted octanol–water partition coefficient (Wildman–Crippen LogP) is 1.98. The Kier molecular flexibility index (Phi) is 5.92. The number of aryl methyl sites for hydroxylation is 1. The molecule has 0 bridgehead atoms. The van der Waals surface area contributed by atoms with E-state index in [1.807, 2.05) is 0 Å². The molecular formula is C15H23N3O2. The quantitative estimate of drug-likeness (QED) is 0.774. The first kappa shape index (κ1) is 14.9. The van der Waals surface area contributed by atoms with Crippen LogP contribution < -0.4 is 5.32 Å². The van der Waals surface area contributed by atoms with Crippen molar-refractivity contribution in [3.63, 3.8) is 0 Å². The summed E-state index contributed by atoms with van der Waals surface area (Å²) >= 11 is 0. The second kappa shape index (κ2) is 7.94. The molecule has 1 N–H and O–H groups in total. The van der Waals surface area contributed by atoms with Crippen LogP contribution in [0.5, 0.6) is 0 Å². The second-order valence-corrected chi connectivity index (χ2v) is 5.31.